The van der Waals surface area contributed by atoms with Gasteiger partial charge in [0, 0.05) is 13.3 Å². The molecule has 0 saturated carbocycles. The molecule has 0 amide bonds. The molecule has 0 aliphatic rings. The van der Waals surface area contributed by atoms with Crippen molar-refractivity contribution >= 4 is 11.8 Å². The first-order valence-electron chi connectivity index (χ1n) is 5.48. The topological polar surface area (TPSA) is 69.4 Å². The third kappa shape index (κ3) is 4.36. The molecule has 2 N–H and O–H groups in total. The minimum absolute atomic E-state index is 0.188. The average molecular weight is 235 g/mol. The van der Waals surface area contributed by atoms with E-state index in [0.717, 1.165) is 5.56 Å². The van der Waals surface area contributed by atoms with E-state index in [0.29, 0.717) is 6.42 Å². The maximum absolute atomic E-state index is 11.2. The molecule has 0 fully saturated rings. The maximum atomic E-state index is 11.2. The molecule has 1 rings (SSSR count). The predicted octanol–water partition coefficient (Wildman–Crippen LogP) is 1.08. The summed E-state index contributed by atoms with van der Waals surface area (Å²) >= 11 is 0. The first kappa shape index (κ1) is 13.4. The quantitative estimate of drug-likeness (QED) is 0.775. The molecule has 1 aromatic rings. The summed E-state index contributed by atoms with van der Waals surface area (Å²) < 4.78 is 5.09. The van der Waals surface area contributed by atoms with Crippen molar-refractivity contribution in [2.75, 3.05) is 0 Å². The molecule has 92 valence electrons. The summed E-state index contributed by atoms with van der Waals surface area (Å²) in [5.41, 5.74) is 6.71. The normalized spacial score (nSPS) is 13.8. The van der Waals surface area contributed by atoms with Crippen molar-refractivity contribution in [1.82, 2.24) is 0 Å². The molecule has 0 spiro atoms. The SMILES string of the molecule is CC(=O)OC(Cc1ccccc1)C(N)C(C)=O. The second-order valence-corrected chi connectivity index (χ2v) is 3.97. The van der Waals surface area contributed by atoms with Gasteiger partial charge in [-0.1, -0.05) is 30.3 Å². The van der Waals surface area contributed by atoms with Crippen LogP contribution in [0, 0.1) is 0 Å². The van der Waals surface area contributed by atoms with Crippen LogP contribution in [0.15, 0.2) is 30.3 Å². The summed E-state index contributed by atoms with van der Waals surface area (Å²) in [6.45, 7) is 2.71. The zero-order valence-electron chi connectivity index (χ0n) is 10.1. The summed E-state index contributed by atoms with van der Waals surface area (Å²) in [6.07, 6.45) is -0.159. The van der Waals surface area contributed by atoms with E-state index in [1.807, 2.05) is 30.3 Å². The van der Waals surface area contributed by atoms with Crippen LogP contribution < -0.4 is 5.73 Å². The molecule has 2 unspecified atom stereocenters. The Kier molecular flexibility index (Phi) is 4.84. The molecule has 17 heavy (non-hydrogen) atoms. The van der Waals surface area contributed by atoms with E-state index in [-0.39, 0.29) is 5.78 Å². The van der Waals surface area contributed by atoms with Gasteiger partial charge in [-0.2, -0.15) is 0 Å². The number of hydrogen-bond donors (Lipinski definition) is 1. The van der Waals surface area contributed by atoms with Crippen molar-refractivity contribution in [1.29, 1.82) is 0 Å². The van der Waals surface area contributed by atoms with Gasteiger partial charge in [-0.05, 0) is 12.5 Å². The molecule has 0 radical (unpaired) electrons. The number of ether oxygens (including phenoxy) is 1. The molecule has 1 aromatic carbocycles. The van der Waals surface area contributed by atoms with Crippen LogP contribution in [0.25, 0.3) is 0 Å². The lowest BCUT2D eigenvalue weighted by atomic mass is 10.00. The van der Waals surface area contributed by atoms with Crippen molar-refractivity contribution in [2.24, 2.45) is 5.73 Å². The smallest absolute Gasteiger partial charge is 0.302 e. The Morgan fingerprint density at radius 3 is 2.29 bits per heavy atom. The summed E-state index contributed by atoms with van der Waals surface area (Å²) in [5, 5.41) is 0. The lowest BCUT2D eigenvalue weighted by Crippen LogP contribution is -2.44. The summed E-state index contributed by atoms with van der Waals surface area (Å²) in [5.74, 6) is -0.616. The Labute approximate surface area is 101 Å². The van der Waals surface area contributed by atoms with Gasteiger partial charge in [0.15, 0.2) is 0 Å². The number of esters is 1. The van der Waals surface area contributed by atoms with Gasteiger partial charge >= 0.3 is 5.97 Å². The van der Waals surface area contributed by atoms with Gasteiger partial charge in [-0.25, -0.2) is 0 Å². The fourth-order valence-corrected chi connectivity index (χ4v) is 1.56. The van der Waals surface area contributed by atoms with E-state index < -0.39 is 18.1 Å². The van der Waals surface area contributed by atoms with E-state index in [1.165, 1.54) is 13.8 Å². The number of nitrogens with two attached hydrogens (primary N) is 1. The number of carbonyl (C=O) groups is 2. The van der Waals surface area contributed by atoms with Crippen LogP contribution in [0.4, 0.5) is 0 Å². The lowest BCUT2D eigenvalue weighted by Gasteiger charge is -2.21. The zero-order chi connectivity index (χ0) is 12.8. The van der Waals surface area contributed by atoms with Crippen LogP contribution in [0.2, 0.25) is 0 Å². The molecule has 0 heterocycles. The number of benzene rings is 1. The number of carbonyl (C=O) groups excluding carboxylic acids is 2. The molecule has 0 aliphatic heterocycles. The lowest BCUT2D eigenvalue weighted by molar-refractivity contribution is -0.148. The van der Waals surface area contributed by atoms with E-state index >= 15 is 0 Å². The zero-order valence-corrected chi connectivity index (χ0v) is 10.1. The summed E-state index contributed by atoms with van der Waals surface area (Å²) in [4.78, 5) is 22.2. The van der Waals surface area contributed by atoms with Gasteiger partial charge in [-0.3, -0.25) is 9.59 Å². The number of rotatable bonds is 5. The maximum Gasteiger partial charge on any atom is 0.302 e. The Hall–Kier alpha value is -1.68. The highest BCUT2D eigenvalue weighted by atomic mass is 16.5. The second-order valence-electron chi connectivity index (χ2n) is 3.97. The van der Waals surface area contributed by atoms with Gasteiger partial charge in [0.25, 0.3) is 0 Å². The van der Waals surface area contributed by atoms with Gasteiger partial charge in [-0.15, -0.1) is 0 Å². The van der Waals surface area contributed by atoms with Crippen molar-refractivity contribution in [2.45, 2.75) is 32.4 Å². The average Bonchev–Trinajstić information content (AvgIpc) is 2.28. The summed E-state index contributed by atoms with van der Waals surface area (Å²) in [6, 6.07) is 8.71. The third-order valence-electron chi connectivity index (χ3n) is 2.47. The predicted molar refractivity (Wildman–Crippen MR) is 64.4 cm³/mol. The van der Waals surface area contributed by atoms with E-state index in [9.17, 15) is 9.59 Å². The molecule has 0 aliphatic carbocycles. The highest BCUT2D eigenvalue weighted by Crippen LogP contribution is 2.09. The van der Waals surface area contributed by atoms with E-state index in [4.69, 9.17) is 10.5 Å². The fourth-order valence-electron chi connectivity index (χ4n) is 1.56. The monoisotopic (exact) mass is 235 g/mol. The summed E-state index contributed by atoms with van der Waals surface area (Å²) in [7, 11) is 0. The van der Waals surface area contributed by atoms with Crippen LogP contribution in [-0.2, 0) is 20.7 Å². The Bertz CT molecular complexity index is 389. The van der Waals surface area contributed by atoms with Gasteiger partial charge < -0.3 is 10.5 Å². The molecule has 4 heteroatoms. The van der Waals surface area contributed by atoms with E-state index in [1.54, 1.807) is 0 Å². The molecule has 2 atom stereocenters. The molecule has 0 saturated heterocycles. The Morgan fingerprint density at radius 2 is 1.82 bits per heavy atom. The minimum Gasteiger partial charge on any atom is -0.460 e. The minimum atomic E-state index is -0.779. The van der Waals surface area contributed by atoms with Gasteiger partial charge in [0.05, 0.1) is 0 Å². The molecule has 0 aromatic heterocycles. The van der Waals surface area contributed by atoms with Crippen LogP contribution in [0.5, 0.6) is 0 Å². The van der Waals surface area contributed by atoms with Crippen LogP contribution in [0.3, 0.4) is 0 Å². The molecular formula is C13H17NO3. The highest BCUT2D eigenvalue weighted by Gasteiger charge is 2.24. The number of Topliss-reactive ketones (excluding diaryl/α,β-unsaturated/α-hetero) is 1. The van der Waals surface area contributed by atoms with Crippen LogP contribution in [-0.4, -0.2) is 23.9 Å². The molecule has 0 bridgehead atoms. The first-order chi connectivity index (χ1) is 8.00. The standard InChI is InChI=1S/C13H17NO3/c1-9(15)13(14)12(17-10(2)16)8-11-6-4-3-5-7-11/h3-7,12-13H,8,14H2,1-2H3. The van der Waals surface area contributed by atoms with Gasteiger partial charge in [0.1, 0.15) is 17.9 Å². The fraction of sp³-hybridized carbons (Fsp3) is 0.385. The van der Waals surface area contributed by atoms with Crippen molar-refractivity contribution in [3.63, 3.8) is 0 Å². The number of hydrogen-bond acceptors (Lipinski definition) is 4. The molecule has 4 nitrogen and oxygen atoms in total. The van der Waals surface area contributed by atoms with Crippen molar-refractivity contribution < 1.29 is 14.3 Å². The van der Waals surface area contributed by atoms with Crippen molar-refractivity contribution in [3.8, 4) is 0 Å². The third-order valence-corrected chi connectivity index (χ3v) is 2.47. The first-order valence-corrected chi connectivity index (χ1v) is 5.48. The second kappa shape index (κ2) is 6.15. The Morgan fingerprint density at radius 1 is 1.24 bits per heavy atom. The highest BCUT2D eigenvalue weighted by molar-refractivity contribution is 5.82. The molecular weight excluding hydrogens is 218 g/mol. The van der Waals surface area contributed by atoms with E-state index in [2.05, 4.69) is 0 Å². The Balaban J connectivity index is 2.77. The van der Waals surface area contributed by atoms with Crippen molar-refractivity contribution in [3.05, 3.63) is 35.9 Å². The largest absolute Gasteiger partial charge is 0.460 e. The van der Waals surface area contributed by atoms with Crippen LogP contribution in [0.1, 0.15) is 19.4 Å². The van der Waals surface area contributed by atoms with Gasteiger partial charge in [0.2, 0.25) is 0 Å². The number of ketones is 1. The van der Waals surface area contributed by atoms with Crippen LogP contribution >= 0.6 is 0 Å².